The van der Waals surface area contributed by atoms with Crippen molar-refractivity contribution in [2.45, 2.75) is 26.2 Å². The molecule has 4 nitrogen and oxygen atoms in total. The largest absolute Gasteiger partial charge is 0.496 e. The molecule has 0 aliphatic carbocycles. The molecule has 2 aromatic rings. The molecule has 2 rings (SSSR count). The van der Waals surface area contributed by atoms with Crippen molar-refractivity contribution >= 4 is 12.2 Å². The van der Waals surface area contributed by atoms with Crippen LogP contribution in [0.2, 0.25) is 0 Å². The highest BCUT2D eigenvalue weighted by molar-refractivity contribution is 5.90. The van der Waals surface area contributed by atoms with Gasteiger partial charge in [-0.05, 0) is 35.2 Å². The Bertz CT molecular complexity index is 697. The summed E-state index contributed by atoms with van der Waals surface area (Å²) in [6.45, 7) is 6.37. The number of hydrogen-bond donors (Lipinski definition) is 0. The highest BCUT2D eigenvalue weighted by Crippen LogP contribution is 2.22. The number of ether oxygens (including phenoxy) is 1. The molecule has 0 aliphatic rings. The monoisotopic (exact) mass is 311 g/mol. The van der Waals surface area contributed by atoms with Crippen molar-refractivity contribution in [3.05, 3.63) is 65.2 Å². The molecular formula is C19H21NO3. The number of oxime groups is 1. The molecule has 0 atom stereocenters. The van der Waals surface area contributed by atoms with Gasteiger partial charge in [0.15, 0.2) is 0 Å². The van der Waals surface area contributed by atoms with Crippen molar-refractivity contribution in [1.82, 2.24) is 0 Å². The molecule has 0 spiro atoms. The molecule has 0 N–H and O–H groups in total. The minimum Gasteiger partial charge on any atom is -0.496 e. The minimum absolute atomic E-state index is 0.0461. The number of rotatable bonds is 4. The Morgan fingerprint density at radius 2 is 1.70 bits per heavy atom. The first-order chi connectivity index (χ1) is 10.9. The average Bonchev–Trinajstić information content (AvgIpc) is 2.54. The van der Waals surface area contributed by atoms with Crippen LogP contribution in [-0.4, -0.2) is 19.3 Å². The van der Waals surface area contributed by atoms with E-state index in [0.29, 0.717) is 11.3 Å². The van der Waals surface area contributed by atoms with Gasteiger partial charge in [0.1, 0.15) is 5.75 Å². The zero-order chi connectivity index (χ0) is 16.9. The summed E-state index contributed by atoms with van der Waals surface area (Å²) in [5.74, 6) is 0.179. The predicted octanol–water partition coefficient (Wildman–Crippen LogP) is 4.18. The Labute approximate surface area is 136 Å². The van der Waals surface area contributed by atoms with Gasteiger partial charge in [-0.15, -0.1) is 0 Å². The van der Waals surface area contributed by atoms with E-state index < -0.39 is 5.97 Å². The quantitative estimate of drug-likeness (QED) is 0.483. The molecule has 0 saturated heterocycles. The molecule has 0 aliphatic heterocycles. The Hall–Kier alpha value is -2.62. The zero-order valence-electron chi connectivity index (χ0n) is 13.9. The summed E-state index contributed by atoms with van der Waals surface area (Å²) in [5, 5.41) is 3.74. The van der Waals surface area contributed by atoms with Crippen LogP contribution in [0.1, 0.15) is 42.3 Å². The Morgan fingerprint density at radius 3 is 2.30 bits per heavy atom. The molecule has 0 fully saturated rings. The molecule has 4 heteroatoms. The van der Waals surface area contributed by atoms with E-state index in [0.717, 1.165) is 11.1 Å². The van der Waals surface area contributed by atoms with Gasteiger partial charge >= 0.3 is 5.97 Å². The van der Waals surface area contributed by atoms with Crippen LogP contribution in [0.25, 0.3) is 0 Å². The van der Waals surface area contributed by atoms with Gasteiger partial charge in [-0.2, -0.15) is 0 Å². The fraction of sp³-hybridized carbons (Fsp3) is 0.263. The van der Waals surface area contributed by atoms with Crippen LogP contribution >= 0.6 is 0 Å². The maximum Gasteiger partial charge on any atom is 0.365 e. The lowest BCUT2D eigenvalue weighted by atomic mass is 9.87. The molecular weight excluding hydrogens is 290 g/mol. The van der Waals surface area contributed by atoms with Crippen molar-refractivity contribution < 1.29 is 14.4 Å². The van der Waals surface area contributed by atoms with Gasteiger partial charge in [-0.1, -0.05) is 50.2 Å². The smallest absolute Gasteiger partial charge is 0.365 e. The minimum atomic E-state index is -0.489. The summed E-state index contributed by atoms with van der Waals surface area (Å²) in [6, 6.07) is 14.7. The van der Waals surface area contributed by atoms with E-state index in [1.54, 1.807) is 19.2 Å². The van der Waals surface area contributed by atoms with Crippen molar-refractivity contribution in [1.29, 1.82) is 0 Å². The fourth-order valence-electron chi connectivity index (χ4n) is 2.06. The van der Waals surface area contributed by atoms with Crippen LogP contribution < -0.4 is 4.74 Å². The lowest BCUT2D eigenvalue weighted by molar-refractivity contribution is 0.0519. The van der Waals surface area contributed by atoms with Crippen LogP contribution in [0.15, 0.2) is 53.7 Å². The van der Waals surface area contributed by atoms with Gasteiger partial charge in [-0.25, -0.2) is 4.79 Å². The zero-order valence-corrected chi connectivity index (χ0v) is 13.9. The Kier molecular flexibility index (Phi) is 5.16. The van der Waals surface area contributed by atoms with E-state index in [1.165, 1.54) is 6.21 Å². The Balaban J connectivity index is 2.03. The summed E-state index contributed by atoms with van der Waals surface area (Å²) in [4.78, 5) is 16.9. The number of para-hydroxylation sites is 1. The third-order valence-electron chi connectivity index (χ3n) is 3.45. The number of benzene rings is 2. The standard InChI is InChI=1S/C19H21NO3/c1-19(2,3)16-11-9-14(10-12-16)18(21)23-20-13-15-7-5-6-8-17(15)22-4/h5-13H,1-4H3/b20-13+. The number of carbonyl (C=O) groups is 1. The normalized spacial score (nSPS) is 11.5. The van der Waals surface area contributed by atoms with Crippen molar-refractivity contribution in [2.75, 3.05) is 7.11 Å². The fourth-order valence-corrected chi connectivity index (χ4v) is 2.06. The summed E-state index contributed by atoms with van der Waals surface area (Å²) in [6.07, 6.45) is 1.46. The van der Waals surface area contributed by atoms with Crippen LogP contribution in [0, 0.1) is 0 Å². The van der Waals surface area contributed by atoms with Gasteiger partial charge < -0.3 is 9.57 Å². The maximum atomic E-state index is 12.0. The molecule has 0 aromatic heterocycles. The molecule has 23 heavy (non-hydrogen) atoms. The van der Waals surface area contributed by atoms with Crippen molar-refractivity contribution in [3.8, 4) is 5.75 Å². The third kappa shape index (κ3) is 4.42. The highest BCUT2D eigenvalue weighted by Gasteiger charge is 2.14. The number of carbonyl (C=O) groups excluding carboxylic acids is 1. The van der Waals surface area contributed by atoms with Crippen molar-refractivity contribution in [2.24, 2.45) is 5.16 Å². The lowest BCUT2D eigenvalue weighted by Gasteiger charge is -2.18. The number of hydrogen-bond acceptors (Lipinski definition) is 4. The van der Waals surface area contributed by atoms with E-state index >= 15 is 0 Å². The van der Waals surface area contributed by atoms with Gasteiger partial charge in [-0.3, -0.25) is 0 Å². The summed E-state index contributed by atoms with van der Waals surface area (Å²) >= 11 is 0. The molecule has 0 radical (unpaired) electrons. The molecule has 0 saturated carbocycles. The molecule has 120 valence electrons. The highest BCUT2D eigenvalue weighted by atomic mass is 16.7. The molecule has 0 amide bonds. The predicted molar refractivity (Wildman–Crippen MR) is 91.1 cm³/mol. The second-order valence-corrected chi connectivity index (χ2v) is 6.18. The van der Waals surface area contributed by atoms with E-state index in [4.69, 9.17) is 9.57 Å². The van der Waals surface area contributed by atoms with Crippen LogP contribution in [-0.2, 0) is 10.3 Å². The second-order valence-electron chi connectivity index (χ2n) is 6.18. The maximum absolute atomic E-state index is 12.0. The summed E-state index contributed by atoms with van der Waals surface area (Å²) < 4.78 is 5.20. The third-order valence-corrected chi connectivity index (χ3v) is 3.45. The van der Waals surface area contributed by atoms with Crippen LogP contribution in [0.4, 0.5) is 0 Å². The van der Waals surface area contributed by atoms with E-state index in [2.05, 4.69) is 25.9 Å². The van der Waals surface area contributed by atoms with E-state index in [9.17, 15) is 4.79 Å². The van der Waals surface area contributed by atoms with E-state index in [1.807, 2.05) is 36.4 Å². The molecule has 0 bridgehead atoms. The van der Waals surface area contributed by atoms with Crippen molar-refractivity contribution in [3.63, 3.8) is 0 Å². The summed E-state index contributed by atoms with van der Waals surface area (Å²) in [5.41, 5.74) is 2.41. The van der Waals surface area contributed by atoms with Gasteiger partial charge in [0.05, 0.1) is 18.9 Å². The van der Waals surface area contributed by atoms with Gasteiger partial charge in [0.2, 0.25) is 0 Å². The first-order valence-electron chi connectivity index (χ1n) is 7.40. The first-order valence-corrected chi connectivity index (χ1v) is 7.40. The number of methoxy groups -OCH3 is 1. The second kappa shape index (κ2) is 7.09. The van der Waals surface area contributed by atoms with Gasteiger partial charge in [0.25, 0.3) is 0 Å². The van der Waals surface area contributed by atoms with Crippen LogP contribution in [0.3, 0.4) is 0 Å². The topological polar surface area (TPSA) is 47.9 Å². The first kappa shape index (κ1) is 16.7. The van der Waals surface area contributed by atoms with Gasteiger partial charge in [0, 0.05) is 5.56 Å². The lowest BCUT2D eigenvalue weighted by Crippen LogP contribution is -2.11. The van der Waals surface area contributed by atoms with Crippen LogP contribution in [0.5, 0.6) is 5.75 Å². The SMILES string of the molecule is COc1ccccc1/C=N/OC(=O)c1ccc(C(C)(C)C)cc1. The molecule has 0 unspecified atom stereocenters. The number of nitrogens with zero attached hydrogens (tertiary/aromatic N) is 1. The Morgan fingerprint density at radius 1 is 1.04 bits per heavy atom. The molecule has 0 heterocycles. The molecule has 2 aromatic carbocycles. The average molecular weight is 311 g/mol. The summed E-state index contributed by atoms with van der Waals surface area (Å²) in [7, 11) is 1.58. The van der Waals surface area contributed by atoms with E-state index in [-0.39, 0.29) is 5.41 Å².